The molecular formula is C23H17Br2NO5S. The molecule has 164 valence electrons. The molecule has 0 spiro atoms. The molecule has 1 fully saturated rings. The Morgan fingerprint density at radius 1 is 1.06 bits per heavy atom. The summed E-state index contributed by atoms with van der Waals surface area (Å²) in [6.45, 7) is 0.316. The molecule has 1 N–H and O–H groups in total. The molecule has 3 aromatic rings. The third-order valence-electron chi connectivity index (χ3n) is 4.88. The number of methoxy groups -OCH3 is 1. The zero-order chi connectivity index (χ0) is 22.8. The predicted molar refractivity (Wildman–Crippen MR) is 132 cm³/mol. The quantitative estimate of drug-likeness (QED) is 0.351. The second-order valence-electron chi connectivity index (χ2n) is 6.80. The number of ether oxygens (including phenoxy) is 2. The number of fused-ring (bicyclic) bond motifs is 1. The molecule has 0 radical (unpaired) electrons. The van der Waals surface area contributed by atoms with Crippen LogP contribution in [0.2, 0.25) is 0 Å². The molecule has 0 aliphatic carbocycles. The summed E-state index contributed by atoms with van der Waals surface area (Å²) in [5.41, 5.74) is 0.587. The van der Waals surface area contributed by atoms with Gasteiger partial charge in [-0.2, -0.15) is 0 Å². The molecule has 6 nitrogen and oxygen atoms in total. The van der Waals surface area contributed by atoms with E-state index in [4.69, 9.17) is 9.47 Å². The van der Waals surface area contributed by atoms with Gasteiger partial charge in [0.1, 0.15) is 12.4 Å². The maximum absolute atomic E-state index is 12.8. The van der Waals surface area contributed by atoms with Crippen LogP contribution in [-0.4, -0.2) is 41.4 Å². The Bertz CT molecular complexity index is 1260. The van der Waals surface area contributed by atoms with Crippen LogP contribution in [0, 0.1) is 0 Å². The van der Waals surface area contributed by atoms with Gasteiger partial charge in [0.2, 0.25) is 0 Å². The van der Waals surface area contributed by atoms with Crippen molar-refractivity contribution in [1.29, 1.82) is 0 Å². The minimum Gasteiger partial charge on any atom is -0.503 e. The molecule has 0 bridgehead atoms. The molecule has 1 saturated heterocycles. The lowest BCUT2D eigenvalue weighted by Gasteiger charge is -2.14. The van der Waals surface area contributed by atoms with Gasteiger partial charge in [0.05, 0.1) is 23.0 Å². The van der Waals surface area contributed by atoms with Gasteiger partial charge in [-0.25, -0.2) is 0 Å². The van der Waals surface area contributed by atoms with Crippen LogP contribution in [0.3, 0.4) is 0 Å². The number of carbonyl (C=O) groups is 2. The Balaban J connectivity index is 1.49. The number of amides is 2. The van der Waals surface area contributed by atoms with Crippen molar-refractivity contribution < 1.29 is 24.2 Å². The van der Waals surface area contributed by atoms with Crippen molar-refractivity contribution in [1.82, 2.24) is 4.90 Å². The molecule has 1 aliphatic rings. The summed E-state index contributed by atoms with van der Waals surface area (Å²) >= 11 is 7.55. The number of nitrogens with zero attached hydrogens (tertiary/aromatic N) is 1. The molecule has 1 heterocycles. The Morgan fingerprint density at radius 3 is 2.59 bits per heavy atom. The first-order valence-electron chi connectivity index (χ1n) is 9.51. The number of thioether (sulfide) groups is 1. The molecule has 0 unspecified atom stereocenters. The Hall–Kier alpha value is -2.49. The molecule has 0 saturated carbocycles. The van der Waals surface area contributed by atoms with Crippen LogP contribution in [0.1, 0.15) is 5.56 Å². The van der Waals surface area contributed by atoms with Crippen molar-refractivity contribution in [2.45, 2.75) is 0 Å². The van der Waals surface area contributed by atoms with Gasteiger partial charge in [-0.15, -0.1) is 0 Å². The number of rotatable bonds is 6. The smallest absolute Gasteiger partial charge is 0.293 e. The number of halogens is 2. The molecule has 4 rings (SSSR count). The first kappa shape index (κ1) is 22.7. The molecule has 3 aromatic carbocycles. The molecule has 0 atom stereocenters. The number of aromatic hydroxyl groups is 1. The van der Waals surface area contributed by atoms with Crippen LogP contribution in [0.15, 0.2) is 62.4 Å². The van der Waals surface area contributed by atoms with Crippen molar-refractivity contribution in [3.8, 4) is 17.2 Å². The SMILES string of the molecule is COc1cc(/C=C2\SC(=O)N(CCOc3cccc4ccccc34)C2=O)c(Br)c(Br)c1O. The molecule has 0 aromatic heterocycles. The van der Waals surface area contributed by atoms with Crippen LogP contribution >= 0.6 is 43.6 Å². The van der Waals surface area contributed by atoms with Crippen LogP contribution in [0.5, 0.6) is 17.2 Å². The average Bonchev–Trinajstić information content (AvgIpc) is 3.06. The maximum atomic E-state index is 12.8. The first-order chi connectivity index (χ1) is 15.4. The Kier molecular flexibility index (Phi) is 6.78. The number of phenols is 1. The van der Waals surface area contributed by atoms with Gasteiger partial charge in [-0.1, -0.05) is 36.4 Å². The number of imide groups is 1. The van der Waals surface area contributed by atoms with E-state index in [1.807, 2.05) is 42.5 Å². The summed E-state index contributed by atoms with van der Waals surface area (Å²) in [5, 5.41) is 11.8. The maximum Gasteiger partial charge on any atom is 0.293 e. The summed E-state index contributed by atoms with van der Waals surface area (Å²) in [4.78, 5) is 26.7. The predicted octanol–water partition coefficient (Wildman–Crippen LogP) is 6.19. The number of hydrogen-bond donors (Lipinski definition) is 1. The number of hydrogen-bond acceptors (Lipinski definition) is 6. The van der Waals surface area contributed by atoms with Gasteiger partial charge in [-0.05, 0) is 72.8 Å². The highest BCUT2D eigenvalue weighted by Gasteiger charge is 2.35. The largest absolute Gasteiger partial charge is 0.503 e. The van der Waals surface area contributed by atoms with Gasteiger partial charge in [0.15, 0.2) is 11.5 Å². The molecular weight excluding hydrogens is 562 g/mol. The average molecular weight is 579 g/mol. The van der Waals surface area contributed by atoms with Crippen molar-refractivity contribution in [3.63, 3.8) is 0 Å². The summed E-state index contributed by atoms with van der Waals surface area (Å²) in [6, 6.07) is 15.2. The molecule has 1 aliphatic heterocycles. The number of benzene rings is 3. The van der Waals surface area contributed by atoms with E-state index in [0.29, 0.717) is 20.3 Å². The third kappa shape index (κ3) is 4.37. The zero-order valence-corrected chi connectivity index (χ0v) is 20.8. The highest BCUT2D eigenvalue weighted by atomic mass is 79.9. The Morgan fingerprint density at radius 2 is 1.81 bits per heavy atom. The summed E-state index contributed by atoms with van der Waals surface area (Å²) in [6.07, 6.45) is 1.59. The van der Waals surface area contributed by atoms with E-state index < -0.39 is 5.91 Å². The van der Waals surface area contributed by atoms with E-state index in [1.165, 1.54) is 12.0 Å². The van der Waals surface area contributed by atoms with Gasteiger partial charge in [-0.3, -0.25) is 14.5 Å². The minimum atomic E-state index is -0.392. The molecule has 2 amide bonds. The van der Waals surface area contributed by atoms with Gasteiger partial charge >= 0.3 is 0 Å². The minimum absolute atomic E-state index is 0.0600. The monoisotopic (exact) mass is 577 g/mol. The highest BCUT2D eigenvalue weighted by Crippen LogP contribution is 2.43. The van der Waals surface area contributed by atoms with Crippen LogP contribution in [-0.2, 0) is 4.79 Å². The van der Waals surface area contributed by atoms with E-state index in [0.717, 1.165) is 22.5 Å². The second kappa shape index (κ2) is 9.56. The van der Waals surface area contributed by atoms with Gasteiger partial charge < -0.3 is 14.6 Å². The molecule has 32 heavy (non-hydrogen) atoms. The van der Waals surface area contributed by atoms with Crippen molar-refractivity contribution >= 4 is 71.6 Å². The molecule has 9 heteroatoms. The van der Waals surface area contributed by atoms with E-state index in [2.05, 4.69) is 31.9 Å². The first-order valence-corrected chi connectivity index (χ1v) is 11.9. The lowest BCUT2D eigenvalue weighted by atomic mass is 10.1. The fraction of sp³-hybridized carbons (Fsp3) is 0.130. The van der Waals surface area contributed by atoms with Crippen LogP contribution in [0.4, 0.5) is 4.79 Å². The van der Waals surface area contributed by atoms with E-state index in [-0.39, 0.29) is 34.8 Å². The number of carbonyl (C=O) groups excluding carboxylic acids is 2. The van der Waals surface area contributed by atoms with Crippen molar-refractivity contribution in [3.05, 3.63) is 67.9 Å². The normalized spacial score (nSPS) is 15.1. The standard InChI is InChI=1S/C23H17Br2NO5S/c1-30-17-11-14(19(24)20(25)21(17)27)12-18-22(28)26(23(29)32-18)9-10-31-16-8-4-6-13-5-2-3-7-15(13)16/h2-8,11-12,27H,9-10H2,1H3/b18-12-. The number of phenolic OH excluding ortho intramolecular Hbond substituents is 1. The summed E-state index contributed by atoms with van der Waals surface area (Å²) in [5.74, 6) is 0.497. The van der Waals surface area contributed by atoms with E-state index in [9.17, 15) is 14.7 Å². The zero-order valence-electron chi connectivity index (χ0n) is 16.8. The topological polar surface area (TPSA) is 76.1 Å². The van der Waals surface area contributed by atoms with Crippen molar-refractivity contribution in [2.24, 2.45) is 0 Å². The van der Waals surface area contributed by atoms with E-state index in [1.54, 1.807) is 12.1 Å². The fourth-order valence-corrected chi connectivity index (χ4v) is 4.97. The van der Waals surface area contributed by atoms with Gasteiger partial charge in [0.25, 0.3) is 11.1 Å². The van der Waals surface area contributed by atoms with Crippen molar-refractivity contribution in [2.75, 3.05) is 20.3 Å². The summed E-state index contributed by atoms with van der Waals surface area (Å²) in [7, 11) is 1.43. The third-order valence-corrected chi connectivity index (χ3v) is 7.94. The fourth-order valence-electron chi connectivity index (χ4n) is 3.27. The lowest BCUT2D eigenvalue weighted by molar-refractivity contribution is -0.123. The lowest BCUT2D eigenvalue weighted by Crippen LogP contribution is -2.32. The van der Waals surface area contributed by atoms with Crippen LogP contribution in [0.25, 0.3) is 16.8 Å². The Labute approximate surface area is 205 Å². The second-order valence-corrected chi connectivity index (χ2v) is 9.38. The highest BCUT2D eigenvalue weighted by molar-refractivity contribution is 9.13. The van der Waals surface area contributed by atoms with Gasteiger partial charge in [0, 0.05) is 9.86 Å². The van der Waals surface area contributed by atoms with E-state index >= 15 is 0 Å². The summed E-state index contributed by atoms with van der Waals surface area (Å²) < 4.78 is 12.0. The van der Waals surface area contributed by atoms with Crippen LogP contribution < -0.4 is 9.47 Å².